The molecule has 11 nitrogen and oxygen atoms in total. The average molecular weight is 595 g/mol. The molecule has 0 aromatic heterocycles. The molecule has 1 aliphatic rings. The van der Waals surface area contributed by atoms with E-state index in [2.05, 4.69) is 31.4 Å². The molecule has 2 aromatic rings. The first-order valence-electron chi connectivity index (χ1n) is 14.8. The molecule has 0 aliphatic carbocycles. The fraction of sp³-hybridized carbons (Fsp3) is 0.516. The Kier molecular flexibility index (Phi) is 11.5. The third-order valence-electron chi connectivity index (χ3n) is 7.69. The zero-order valence-corrected chi connectivity index (χ0v) is 26.0. The number of benzene rings is 2. The van der Waals surface area contributed by atoms with Crippen LogP contribution in [0.15, 0.2) is 42.5 Å². The van der Waals surface area contributed by atoms with Crippen LogP contribution in [-0.4, -0.2) is 73.0 Å². The van der Waals surface area contributed by atoms with Gasteiger partial charge in [-0.2, -0.15) is 0 Å². The molecule has 0 radical (unpaired) electrons. The van der Waals surface area contributed by atoms with E-state index in [9.17, 15) is 19.4 Å². The molecule has 0 fully saturated rings. The van der Waals surface area contributed by atoms with E-state index in [1.54, 1.807) is 17.0 Å². The van der Waals surface area contributed by atoms with Crippen LogP contribution in [0.5, 0.6) is 0 Å². The quantitative estimate of drug-likeness (QED) is 0.181. The number of hydrogen-bond donors (Lipinski definition) is 6. The summed E-state index contributed by atoms with van der Waals surface area (Å²) in [5.41, 5.74) is 20.5. The zero-order chi connectivity index (χ0) is 31.9. The topological polar surface area (TPSA) is 186 Å². The smallest absolute Gasteiger partial charge is 0.423 e. The normalized spacial score (nSPS) is 15.4. The van der Waals surface area contributed by atoms with Crippen molar-refractivity contribution in [3.63, 3.8) is 0 Å². The lowest BCUT2D eigenvalue weighted by atomic mass is 9.78. The second kappa shape index (κ2) is 14.5. The first-order chi connectivity index (χ1) is 20.2. The number of anilines is 1. The van der Waals surface area contributed by atoms with Gasteiger partial charge >= 0.3 is 7.12 Å². The molecule has 9 N–H and O–H groups in total. The molecule has 2 aromatic carbocycles. The minimum absolute atomic E-state index is 0.0337. The molecule has 0 saturated heterocycles. The van der Waals surface area contributed by atoms with Gasteiger partial charge in [0.05, 0.1) is 11.6 Å². The van der Waals surface area contributed by atoms with E-state index in [0.29, 0.717) is 37.3 Å². The summed E-state index contributed by atoms with van der Waals surface area (Å²) in [6.45, 7) is 11.4. The molecule has 0 bridgehead atoms. The van der Waals surface area contributed by atoms with E-state index in [1.165, 1.54) is 0 Å². The first kappa shape index (κ1) is 34.2. The van der Waals surface area contributed by atoms with Gasteiger partial charge in [-0.05, 0) is 60.0 Å². The molecule has 234 valence electrons. The van der Waals surface area contributed by atoms with Crippen LogP contribution >= 0.6 is 0 Å². The van der Waals surface area contributed by atoms with Crippen molar-refractivity contribution < 1.29 is 24.1 Å². The van der Waals surface area contributed by atoms with Crippen molar-refractivity contribution in [3.8, 4) is 0 Å². The van der Waals surface area contributed by atoms with Gasteiger partial charge in [-0.1, -0.05) is 51.1 Å². The Hall–Kier alpha value is -3.29. The van der Waals surface area contributed by atoms with Crippen molar-refractivity contribution in [1.29, 1.82) is 0 Å². The molecule has 0 unspecified atom stereocenters. The maximum atomic E-state index is 13.6. The van der Waals surface area contributed by atoms with Gasteiger partial charge in [-0.3, -0.25) is 14.4 Å². The van der Waals surface area contributed by atoms with Crippen LogP contribution in [-0.2, 0) is 36.5 Å². The monoisotopic (exact) mass is 594 g/mol. The molecular weight excluding hydrogens is 547 g/mol. The summed E-state index contributed by atoms with van der Waals surface area (Å²) in [7, 11) is -1.11. The Morgan fingerprint density at radius 3 is 2.23 bits per heavy atom. The summed E-state index contributed by atoms with van der Waals surface area (Å²) in [4.78, 5) is 40.9. The summed E-state index contributed by atoms with van der Waals surface area (Å²) < 4.78 is 5.63. The van der Waals surface area contributed by atoms with E-state index in [-0.39, 0.29) is 30.6 Å². The highest BCUT2D eigenvalue weighted by molar-refractivity contribution is 6.62. The lowest BCUT2D eigenvalue weighted by molar-refractivity contribution is -0.131. The van der Waals surface area contributed by atoms with Crippen molar-refractivity contribution in [1.82, 2.24) is 10.2 Å². The van der Waals surface area contributed by atoms with E-state index in [0.717, 1.165) is 16.7 Å². The van der Waals surface area contributed by atoms with Crippen LogP contribution in [0.3, 0.4) is 0 Å². The Balaban J connectivity index is 1.75. The molecular formula is C31H47BN6O5. The molecule has 3 amide bonds. The second-order valence-electron chi connectivity index (χ2n) is 12.6. The highest BCUT2D eigenvalue weighted by Gasteiger charge is 2.40. The van der Waals surface area contributed by atoms with E-state index >= 15 is 0 Å². The maximum absolute atomic E-state index is 13.6. The van der Waals surface area contributed by atoms with Gasteiger partial charge in [0.1, 0.15) is 6.04 Å². The molecule has 2 atom stereocenters. The van der Waals surface area contributed by atoms with E-state index in [4.69, 9.17) is 21.9 Å². The Morgan fingerprint density at radius 2 is 1.65 bits per heavy atom. The third-order valence-corrected chi connectivity index (χ3v) is 7.69. The van der Waals surface area contributed by atoms with Gasteiger partial charge in [-0.15, -0.1) is 0 Å². The van der Waals surface area contributed by atoms with Crippen LogP contribution < -0.4 is 33.3 Å². The number of amides is 3. The SMILES string of the molecule is CC(C)(C)c1ccc(C[C@@H](NC(=O)[C@@H](N)CCC(=O)N(CCN)CCN)C(=O)Nc2ccc3c(c2)B(O)OC3(C)C)cc1. The molecule has 0 spiro atoms. The lowest BCUT2D eigenvalue weighted by Gasteiger charge is -2.24. The second-order valence-corrected chi connectivity index (χ2v) is 12.6. The summed E-state index contributed by atoms with van der Waals surface area (Å²) in [5, 5.41) is 16.0. The lowest BCUT2D eigenvalue weighted by Crippen LogP contribution is -2.51. The molecule has 3 rings (SSSR count). The summed E-state index contributed by atoms with van der Waals surface area (Å²) in [6.07, 6.45) is 0.372. The Bertz CT molecular complexity index is 1270. The molecule has 1 heterocycles. The number of fused-ring (bicyclic) bond motifs is 1. The van der Waals surface area contributed by atoms with Gasteiger partial charge < -0.3 is 42.4 Å². The summed E-state index contributed by atoms with van der Waals surface area (Å²) >= 11 is 0. The Labute approximate surface area is 255 Å². The summed E-state index contributed by atoms with van der Waals surface area (Å²) in [6, 6.07) is 11.2. The van der Waals surface area contributed by atoms with Crippen molar-refractivity contribution in [2.24, 2.45) is 17.2 Å². The van der Waals surface area contributed by atoms with E-state index in [1.807, 2.05) is 44.2 Å². The van der Waals surface area contributed by atoms with Crippen LogP contribution in [0, 0.1) is 0 Å². The van der Waals surface area contributed by atoms with Gasteiger partial charge in [0, 0.05) is 44.7 Å². The number of nitrogens with one attached hydrogen (secondary N) is 2. The number of carbonyl (C=O) groups is 3. The maximum Gasteiger partial charge on any atom is 0.492 e. The first-order valence-corrected chi connectivity index (χ1v) is 14.8. The largest absolute Gasteiger partial charge is 0.492 e. The highest BCUT2D eigenvalue weighted by Crippen LogP contribution is 2.30. The predicted octanol–water partition coefficient (Wildman–Crippen LogP) is 0.456. The number of carbonyl (C=O) groups excluding carboxylic acids is 3. The summed E-state index contributed by atoms with van der Waals surface area (Å²) in [5.74, 6) is -1.16. The third kappa shape index (κ3) is 9.10. The van der Waals surface area contributed by atoms with Crippen molar-refractivity contribution in [2.75, 3.05) is 31.5 Å². The fourth-order valence-corrected chi connectivity index (χ4v) is 5.13. The number of hydrogen-bond acceptors (Lipinski definition) is 8. The number of rotatable bonds is 13. The number of nitrogens with two attached hydrogens (primary N) is 3. The van der Waals surface area contributed by atoms with Gasteiger partial charge in [0.2, 0.25) is 17.7 Å². The minimum atomic E-state index is -1.11. The molecule has 43 heavy (non-hydrogen) atoms. The average Bonchev–Trinajstić information content (AvgIpc) is 3.17. The van der Waals surface area contributed by atoms with Crippen molar-refractivity contribution in [3.05, 3.63) is 59.2 Å². The molecule has 12 heteroatoms. The standard InChI is InChI=1S/C31H47BN6O5/c1-30(2,3)21-8-6-20(7-9-21)18-26(37-28(40)25(35)12-13-27(39)38(16-14-33)17-15-34)29(41)36-22-10-11-23-24(19-22)32(42)43-31(23,4)5/h6-11,19,25-26,42H,12-18,33-35H2,1-5H3,(H,36,41)(H,37,40)/t25-,26+/m0/s1. The van der Waals surface area contributed by atoms with Gasteiger partial charge in [0.15, 0.2) is 0 Å². The van der Waals surface area contributed by atoms with Crippen LogP contribution in [0.1, 0.15) is 64.2 Å². The van der Waals surface area contributed by atoms with Crippen molar-refractivity contribution >= 4 is 36.0 Å². The fourth-order valence-electron chi connectivity index (χ4n) is 5.13. The zero-order valence-electron chi connectivity index (χ0n) is 26.0. The van der Waals surface area contributed by atoms with Gasteiger partial charge in [0.25, 0.3) is 0 Å². The van der Waals surface area contributed by atoms with Crippen LogP contribution in [0.25, 0.3) is 0 Å². The number of nitrogens with zero attached hydrogens (tertiary/aromatic N) is 1. The minimum Gasteiger partial charge on any atom is -0.423 e. The van der Waals surface area contributed by atoms with E-state index < -0.39 is 36.6 Å². The van der Waals surface area contributed by atoms with Crippen LogP contribution in [0.2, 0.25) is 0 Å². The van der Waals surface area contributed by atoms with Crippen LogP contribution in [0.4, 0.5) is 5.69 Å². The van der Waals surface area contributed by atoms with Gasteiger partial charge in [-0.25, -0.2) is 0 Å². The molecule has 0 saturated carbocycles. The molecule has 1 aliphatic heterocycles. The predicted molar refractivity (Wildman–Crippen MR) is 169 cm³/mol. The van der Waals surface area contributed by atoms with Crippen molar-refractivity contribution in [2.45, 2.75) is 77.0 Å². The highest BCUT2D eigenvalue weighted by atomic mass is 16.5. The Morgan fingerprint density at radius 1 is 1.02 bits per heavy atom.